The molecular formula is C15H23NO2. The Morgan fingerprint density at radius 1 is 1.33 bits per heavy atom. The summed E-state index contributed by atoms with van der Waals surface area (Å²) < 4.78 is 0. The lowest BCUT2D eigenvalue weighted by atomic mass is 10.0. The van der Waals surface area contributed by atoms with E-state index in [1.165, 1.54) is 12.8 Å². The van der Waals surface area contributed by atoms with Crippen molar-refractivity contribution in [3.05, 3.63) is 35.4 Å². The van der Waals surface area contributed by atoms with Gasteiger partial charge in [0.1, 0.15) is 0 Å². The molecule has 0 spiro atoms. The van der Waals surface area contributed by atoms with Gasteiger partial charge in [-0.05, 0) is 24.5 Å². The van der Waals surface area contributed by atoms with E-state index in [0.29, 0.717) is 6.04 Å². The molecule has 0 bridgehead atoms. The van der Waals surface area contributed by atoms with E-state index in [4.69, 9.17) is 5.11 Å². The highest BCUT2D eigenvalue weighted by Crippen LogP contribution is 2.10. The number of aliphatic carboxylic acids is 1. The second-order valence-corrected chi connectivity index (χ2v) is 4.76. The van der Waals surface area contributed by atoms with E-state index >= 15 is 0 Å². The predicted molar refractivity (Wildman–Crippen MR) is 73.6 cm³/mol. The lowest BCUT2D eigenvalue weighted by Crippen LogP contribution is -2.26. The van der Waals surface area contributed by atoms with Crippen LogP contribution < -0.4 is 5.32 Å². The van der Waals surface area contributed by atoms with Gasteiger partial charge in [-0.1, -0.05) is 44.0 Å². The summed E-state index contributed by atoms with van der Waals surface area (Å²) in [5.74, 6) is -0.776. The molecule has 3 heteroatoms. The summed E-state index contributed by atoms with van der Waals surface area (Å²) in [4.78, 5) is 10.8. The number of benzene rings is 1. The maximum absolute atomic E-state index is 10.8. The Morgan fingerprint density at radius 2 is 2.00 bits per heavy atom. The maximum atomic E-state index is 10.8. The Balaban J connectivity index is 2.53. The van der Waals surface area contributed by atoms with Crippen LogP contribution in [0.3, 0.4) is 0 Å². The SMILES string of the molecule is CCCCC(C)NCc1ccccc1CC(=O)O. The summed E-state index contributed by atoms with van der Waals surface area (Å²) in [5, 5.41) is 12.3. The zero-order valence-corrected chi connectivity index (χ0v) is 11.3. The van der Waals surface area contributed by atoms with Gasteiger partial charge >= 0.3 is 5.97 Å². The molecule has 0 amide bonds. The summed E-state index contributed by atoms with van der Waals surface area (Å²) in [6, 6.07) is 8.21. The smallest absolute Gasteiger partial charge is 0.307 e. The number of carboxylic acids is 1. The molecule has 1 rings (SSSR count). The van der Waals surface area contributed by atoms with Gasteiger partial charge in [0, 0.05) is 12.6 Å². The van der Waals surface area contributed by atoms with Crippen LogP contribution in [0.5, 0.6) is 0 Å². The normalized spacial score (nSPS) is 12.3. The van der Waals surface area contributed by atoms with Crippen LogP contribution in [-0.4, -0.2) is 17.1 Å². The molecule has 0 heterocycles. The Labute approximate surface area is 109 Å². The number of unbranched alkanes of at least 4 members (excludes halogenated alkanes) is 1. The zero-order valence-electron chi connectivity index (χ0n) is 11.3. The minimum absolute atomic E-state index is 0.0984. The molecule has 1 atom stereocenters. The van der Waals surface area contributed by atoms with Crippen LogP contribution in [0.1, 0.15) is 44.2 Å². The van der Waals surface area contributed by atoms with Gasteiger partial charge in [-0.3, -0.25) is 4.79 Å². The average molecular weight is 249 g/mol. The fraction of sp³-hybridized carbons (Fsp3) is 0.533. The summed E-state index contributed by atoms with van der Waals surface area (Å²) in [6.45, 7) is 5.11. The molecular weight excluding hydrogens is 226 g/mol. The Morgan fingerprint density at radius 3 is 2.61 bits per heavy atom. The van der Waals surface area contributed by atoms with Crippen LogP contribution in [-0.2, 0) is 17.8 Å². The minimum Gasteiger partial charge on any atom is -0.481 e. The van der Waals surface area contributed by atoms with Crippen molar-refractivity contribution in [3.8, 4) is 0 Å². The molecule has 1 aromatic carbocycles. The van der Waals surface area contributed by atoms with E-state index in [1.807, 2.05) is 24.3 Å². The molecule has 0 fully saturated rings. The Kier molecular flexibility index (Phi) is 6.44. The van der Waals surface area contributed by atoms with Crippen molar-refractivity contribution >= 4 is 5.97 Å². The third kappa shape index (κ3) is 5.32. The number of rotatable bonds is 8. The van der Waals surface area contributed by atoms with E-state index in [-0.39, 0.29) is 6.42 Å². The first kappa shape index (κ1) is 14.7. The molecule has 1 aromatic rings. The maximum Gasteiger partial charge on any atom is 0.307 e. The highest BCUT2D eigenvalue weighted by atomic mass is 16.4. The van der Waals surface area contributed by atoms with Crippen LogP contribution in [0.15, 0.2) is 24.3 Å². The topological polar surface area (TPSA) is 49.3 Å². The molecule has 3 nitrogen and oxygen atoms in total. The third-order valence-corrected chi connectivity index (χ3v) is 3.09. The number of nitrogens with one attached hydrogen (secondary N) is 1. The van der Waals surface area contributed by atoms with E-state index in [9.17, 15) is 4.79 Å². The van der Waals surface area contributed by atoms with Crippen LogP contribution in [0.2, 0.25) is 0 Å². The zero-order chi connectivity index (χ0) is 13.4. The quantitative estimate of drug-likeness (QED) is 0.744. The summed E-state index contributed by atoms with van der Waals surface area (Å²) in [7, 11) is 0. The molecule has 0 aliphatic rings. The molecule has 0 radical (unpaired) electrons. The van der Waals surface area contributed by atoms with E-state index < -0.39 is 5.97 Å². The van der Waals surface area contributed by atoms with Crippen molar-refractivity contribution in [3.63, 3.8) is 0 Å². The highest BCUT2D eigenvalue weighted by Gasteiger charge is 2.07. The van der Waals surface area contributed by atoms with Gasteiger partial charge in [0.2, 0.25) is 0 Å². The summed E-state index contributed by atoms with van der Waals surface area (Å²) in [6.07, 6.45) is 3.70. The third-order valence-electron chi connectivity index (χ3n) is 3.09. The van der Waals surface area contributed by atoms with Crippen molar-refractivity contribution in [2.75, 3.05) is 0 Å². The first-order valence-corrected chi connectivity index (χ1v) is 6.65. The highest BCUT2D eigenvalue weighted by molar-refractivity contribution is 5.70. The fourth-order valence-electron chi connectivity index (χ4n) is 1.96. The van der Waals surface area contributed by atoms with E-state index in [2.05, 4.69) is 19.2 Å². The van der Waals surface area contributed by atoms with Crippen molar-refractivity contribution in [2.24, 2.45) is 0 Å². The van der Waals surface area contributed by atoms with Gasteiger partial charge in [-0.15, -0.1) is 0 Å². The van der Waals surface area contributed by atoms with Gasteiger partial charge in [-0.2, -0.15) is 0 Å². The second-order valence-electron chi connectivity index (χ2n) is 4.76. The molecule has 1 unspecified atom stereocenters. The van der Waals surface area contributed by atoms with Gasteiger partial charge < -0.3 is 10.4 Å². The second kappa shape index (κ2) is 7.88. The number of carbonyl (C=O) groups is 1. The molecule has 0 aliphatic heterocycles. The van der Waals surface area contributed by atoms with Crippen molar-refractivity contribution in [1.82, 2.24) is 5.32 Å². The minimum atomic E-state index is -0.776. The van der Waals surface area contributed by atoms with Gasteiger partial charge in [0.05, 0.1) is 6.42 Å². The molecule has 0 saturated carbocycles. The van der Waals surface area contributed by atoms with Crippen LogP contribution in [0.25, 0.3) is 0 Å². The number of hydrogen-bond donors (Lipinski definition) is 2. The lowest BCUT2D eigenvalue weighted by Gasteiger charge is -2.15. The largest absolute Gasteiger partial charge is 0.481 e. The summed E-state index contributed by atoms with van der Waals surface area (Å²) >= 11 is 0. The van der Waals surface area contributed by atoms with Crippen LogP contribution >= 0.6 is 0 Å². The molecule has 0 aromatic heterocycles. The fourth-order valence-corrected chi connectivity index (χ4v) is 1.96. The standard InChI is InChI=1S/C15H23NO2/c1-3-4-7-12(2)16-11-14-9-6-5-8-13(14)10-15(17)18/h5-6,8-9,12,16H,3-4,7,10-11H2,1-2H3,(H,17,18). The number of hydrogen-bond acceptors (Lipinski definition) is 2. The Bertz CT molecular complexity index is 377. The van der Waals surface area contributed by atoms with Gasteiger partial charge in [-0.25, -0.2) is 0 Å². The van der Waals surface area contributed by atoms with Gasteiger partial charge in [0.15, 0.2) is 0 Å². The van der Waals surface area contributed by atoms with Crippen molar-refractivity contribution < 1.29 is 9.90 Å². The van der Waals surface area contributed by atoms with Gasteiger partial charge in [0.25, 0.3) is 0 Å². The van der Waals surface area contributed by atoms with Crippen molar-refractivity contribution in [2.45, 2.75) is 52.1 Å². The average Bonchev–Trinajstić information content (AvgIpc) is 2.34. The van der Waals surface area contributed by atoms with E-state index in [1.54, 1.807) is 0 Å². The monoisotopic (exact) mass is 249 g/mol. The predicted octanol–water partition coefficient (Wildman–Crippen LogP) is 2.98. The molecule has 2 N–H and O–H groups in total. The van der Waals surface area contributed by atoms with Crippen molar-refractivity contribution in [1.29, 1.82) is 0 Å². The lowest BCUT2D eigenvalue weighted by molar-refractivity contribution is -0.136. The van der Waals surface area contributed by atoms with Crippen LogP contribution in [0, 0.1) is 0 Å². The molecule has 18 heavy (non-hydrogen) atoms. The van der Waals surface area contributed by atoms with E-state index in [0.717, 1.165) is 24.1 Å². The molecule has 100 valence electrons. The summed E-state index contributed by atoms with van der Waals surface area (Å²) in [5.41, 5.74) is 1.99. The first-order valence-electron chi connectivity index (χ1n) is 6.65. The van der Waals surface area contributed by atoms with Crippen LogP contribution in [0.4, 0.5) is 0 Å². The number of carboxylic acid groups (broad SMARTS) is 1. The molecule has 0 aliphatic carbocycles. The first-order chi connectivity index (χ1) is 8.63. The Hall–Kier alpha value is -1.35. The molecule has 0 saturated heterocycles.